The predicted molar refractivity (Wildman–Crippen MR) is 188 cm³/mol. The van der Waals surface area contributed by atoms with Crippen LogP contribution in [0.1, 0.15) is 39.5 Å². The quantitative estimate of drug-likeness (QED) is 0.130. The van der Waals surface area contributed by atoms with Crippen molar-refractivity contribution < 1.29 is 19.1 Å². The first-order valence-corrected chi connectivity index (χ1v) is 16.2. The molecule has 10 heteroatoms. The lowest BCUT2D eigenvalue weighted by Crippen LogP contribution is -2.55. The van der Waals surface area contributed by atoms with Crippen molar-refractivity contribution in [2.45, 2.75) is 44.9 Å². The lowest BCUT2D eigenvalue weighted by Gasteiger charge is -2.24. The summed E-state index contributed by atoms with van der Waals surface area (Å²) in [6.07, 6.45) is 1.88. The van der Waals surface area contributed by atoms with Crippen molar-refractivity contribution in [3.05, 3.63) is 142 Å². The summed E-state index contributed by atoms with van der Waals surface area (Å²) in [5.74, 6) is -0.624. The van der Waals surface area contributed by atoms with Gasteiger partial charge in [0.05, 0.1) is 17.7 Å². The molecule has 0 aliphatic rings. The molecular weight excluding hydrogens is 626 g/mol. The van der Waals surface area contributed by atoms with Crippen LogP contribution >= 0.6 is 11.6 Å². The Morgan fingerprint density at radius 1 is 0.771 bits per heavy atom. The molecule has 0 unspecified atom stereocenters. The molecule has 0 aliphatic carbocycles. The minimum Gasteiger partial charge on any atom is -0.494 e. The van der Waals surface area contributed by atoms with E-state index in [1.807, 2.05) is 85.8 Å². The number of pyridine rings is 1. The number of carbonyl (C=O) groups is 3. The smallest absolute Gasteiger partial charge is 0.253 e. The van der Waals surface area contributed by atoms with Crippen molar-refractivity contribution in [3.63, 3.8) is 0 Å². The lowest BCUT2D eigenvalue weighted by molar-refractivity contribution is -0.130. The van der Waals surface area contributed by atoms with Crippen LogP contribution in [-0.4, -0.2) is 41.4 Å². The molecule has 5 aromatic rings. The lowest BCUT2D eigenvalue weighted by atomic mass is 10.0. The molecule has 0 spiro atoms. The number of aromatic nitrogens is 1. The Morgan fingerprint density at radius 2 is 1.42 bits per heavy atom. The van der Waals surface area contributed by atoms with Crippen molar-refractivity contribution in [1.29, 1.82) is 0 Å². The Labute approximate surface area is 284 Å². The number of halogens is 1. The number of nitrogens with zero attached hydrogens (tertiary/aromatic N) is 1. The maximum atomic E-state index is 14.0. The van der Waals surface area contributed by atoms with Crippen LogP contribution in [0.2, 0.25) is 5.02 Å². The summed E-state index contributed by atoms with van der Waals surface area (Å²) in [4.78, 5) is 45.5. The first-order chi connectivity index (χ1) is 23.3. The van der Waals surface area contributed by atoms with Crippen LogP contribution in [0, 0.1) is 0 Å². The van der Waals surface area contributed by atoms with Crippen LogP contribution in [0.3, 0.4) is 0 Å². The van der Waals surface area contributed by atoms with Gasteiger partial charge in [0.1, 0.15) is 17.8 Å². The van der Waals surface area contributed by atoms with Gasteiger partial charge in [-0.25, -0.2) is 0 Å². The minimum atomic E-state index is -1.01. The van der Waals surface area contributed by atoms with Crippen molar-refractivity contribution in [1.82, 2.24) is 20.9 Å². The van der Waals surface area contributed by atoms with Gasteiger partial charge >= 0.3 is 0 Å². The standard InChI is InChI=1S/C38H38ClN5O4/c1-2-48-32-16-12-26(13-17-32)19-35(43-36(45)30-20-29-14-15-31(39)21-33(29)41-24-30)38(47)44-34(18-25-6-4-3-5-7-25)37(46)42-23-28-10-8-27(22-40)9-11-28/h3-17,20-21,24,34-35H,2,18-19,22-23,40H2,1H3,(H,42,46)(H,43,45)(H,44,47)/t34-,35+/m0/s1. The van der Waals surface area contributed by atoms with Crippen molar-refractivity contribution in [3.8, 4) is 5.75 Å². The molecule has 5 rings (SSSR count). The van der Waals surface area contributed by atoms with Crippen LogP contribution in [0.25, 0.3) is 10.9 Å². The summed E-state index contributed by atoms with van der Waals surface area (Å²) < 4.78 is 5.57. The molecule has 1 aromatic heterocycles. The average molecular weight is 664 g/mol. The summed E-state index contributed by atoms with van der Waals surface area (Å²) >= 11 is 6.10. The van der Waals surface area contributed by atoms with Gasteiger partial charge in [0.2, 0.25) is 11.8 Å². The number of nitrogens with two attached hydrogens (primary N) is 1. The molecular formula is C38H38ClN5O4. The fraction of sp³-hybridized carbons (Fsp3) is 0.211. The first kappa shape index (κ1) is 34.1. The van der Waals surface area contributed by atoms with Gasteiger partial charge in [-0.15, -0.1) is 0 Å². The average Bonchev–Trinajstić information content (AvgIpc) is 3.11. The van der Waals surface area contributed by atoms with E-state index in [2.05, 4.69) is 20.9 Å². The second kappa shape index (κ2) is 16.5. The number of rotatable bonds is 14. The molecule has 1 heterocycles. The van der Waals surface area contributed by atoms with Gasteiger partial charge in [0.15, 0.2) is 0 Å². The van der Waals surface area contributed by atoms with Crippen molar-refractivity contribution in [2.75, 3.05) is 6.61 Å². The van der Waals surface area contributed by atoms with E-state index in [0.29, 0.717) is 29.4 Å². The van der Waals surface area contributed by atoms with Gasteiger partial charge < -0.3 is 26.4 Å². The maximum absolute atomic E-state index is 14.0. The molecule has 0 fully saturated rings. The molecule has 3 amide bonds. The van der Waals surface area contributed by atoms with Gasteiger partial charge in [-0.2, -0.15) is 0 Å². The third-order valence-electron chi connectivity index (χ3n) is 7.85. The minimum absolute atomic E-state index is 0.174. The Hall–Kier alpha value is -5.25. The van der Waals surface area contributed by atoms with Gasteiger partial charge in [-0.05, 0) is 59.5 Å². The highest BCUT2D eigenvalue weighted by Gasteiger charge is 2.28. The summed E-state index contributed by atoms with van der Waals surface area (Å²) in [5, 5.41) is 10.0. The highest BCUT2D eigenvalue weighted by Crippen LogP contribution is 2.19. The summed E-state index contributed by atoms with van der Waals surface area (Å²) in [6, 6.07) is 29.4. The second-order valence-electron chi connectivity index (χ2n) is 11.4. The number of ether oxygens (including phenoxy) is 1. The highest BCUT2D eigenvalue weighted by molar-refractivity contribution is 6.31. The van der Waals surface area contributed by atoms with Crippen LogP contribution in [-0.2, 0) is 35.5 Å². The number of fused-ring (bicyclic) bond motifs is 1. The fourth-order valence-corrected chi connectivity index (χ4v) is 5.40. The molecule has 0 saturated carbocycles. The third-order valence-corrected chi connectivity index (χ3v) is 8.08. The molecule has 0 aliphatic heterocycles. The molecule has 0 saturated heterocycles. The number of nitrogens with one attached hydrogen (secondary N) is 3. The van der Waals surface area contributed by atoms with Crippen LogP contribution in [0.4, 0.5) is 0 Å². The molecule has 246 valence electrons. The second-order valence-corrected chi connectivity index (χ2v) is 11.8. The van der Waals surface area contributed by atoms with E-state index in [9.17, 15) is 14.4 Å². The van der Waals surface area contributed by atoms with Crippen LogP contribution < -0.4 is 26.4 Å². The number of carbonyl (C=O) groups excluding carboxylic acids is 3. The van der Waals surface area contributed by atoms with Gasteiger partial charge in [-0.3, -0.25) is 19.4 Å². The van der Waals surface area contributed by atoms with Crippen molar-refractivity contribution >= 4 is 40.2 Å². The highest BCUT2D eigenvalue weighted by atomic mass is 35.5. The monoisotopic (exact) mass is 663 g/mol. The molecule has 9 nitrogen and oxygen atoms in total. The molecule has 0 radical (unpaired) electrons. The normalized spacial score (nSPS) is 12.1. The number of hydrogen-bond donors (Lipinski definition) is 4. The van der Waals surface area contributed by atoms with E-state index in [-0.39, 0.29) is 30.9 Å². The largest absolute Gasteiger partial charge is 0.494 e. The first-order valence-electron chi connectivity index (χ1n) is 15.8. The van der Waals surface area contributed by atoms with E-state index in [1.54, 1.807) is 24.3 Å². The van der Waals surface area contributed by atoms with Crippen LogP contribution in [0.15, 0.2) is 109 Å². The molecule has 4 aromatic carbocycles. The van der Waals surface area contributed by atoms with E-state index >= 15 is 0 Å². The van der Waals surface area contributed by atoms with Gasteiger partial charge in [0.25, 0.3) is 5.91 Å². The Bertz CT molecular complexity index is 1850. The fourth-order valence-electron chi connectivity index (χ4n) is 5.23. The zero-order valence-electron chi connectivity index (χ0n) is 26.6. The summed E-state index contributed by atoms with van der Waals surface area (Å²) in [6.45, 7) is 3.13. The van der Waals surface area contributed by atoms with E-state index in [1.165, 1.54) is 6.20 Å². The van der Waals surface area contributed by atoms with E-state index < -0.39 is 23.9 Å². The number of hydrogen-bond acceptors (Lipinski definition) is 6. The number of benzene rings is 4. The summed E-state index contributed by atoms with van der Waals surface area (Å²) in [7, 11) is 0. The Kier molecular flexibility index (Phi) is 11.7. The maximum Gasteiger partial charge on any atom is 0.253 e. The SMILES string of the molecule is CCOc1ccc(C[C@@H](NC(=O)c2cnc3cc(Cl)ccc3c2)C(=O)N[C@@H](Cc2ccccc2)C(=O)NCc2ccc(CN)cc2)cc1. The molecule has 5 N–H and O–H groups in total. The van der Waals surface area contributed by atoms with Crippen molar-refractivity contribution in [2.24, 2.45) is 5.73 Å². The molecule has 2 atom stereocenters. The topological polar surface area (TPSA) is 135 Å². The number of amides is 3. The van der Waals surface area contributed by atoms with Gasteiger partial charge in [0, 0.05) is 42.5 Å². The molecule has 0 bridgehead atoms. The zero-order chi connectivity index (χ0) is 33.9. The zero-order valence-corrected chi connectivity index (χ0v) is 27.4. The third kappa shape index (κ3) is 9.40. The van der Waals surface area contributed by atoms with Crippen LogP contribution in [0.5, 0.6) is 5.75 Å². The van der Waals surface area contributed by atoms with Gasteiger partial charge in [-0.1, -0.05) is 84.4 Å². The van der Waals surface area contributed by atoms with E-state index in [4.69, 9.17) is 22.1 Å². The Morgan fingerprint density at radius 3 is 2.10 bits per heavy atom. The Balaban J connectivity index is 1.37. The van der Waals surface area contributed by atoms with E-state index in [0.717, 1.165) is 27.6 Å². The predicted octanol–water partition coefficient (Wildman–Crippen LogP) is 5.13. The summed E-state index contributed by atoms with van der Waals surface area (Å²) in [5.41, 5.74) is 10.2. The molecule has 48 heavy (non-hydrogen) atoms.